The first-order valence-electron chi connectivity index (χ1n) is 17.5. The molecule has 0 atom stereocenters. The molecule has 11 nitrogen and oxygen atoms in total. The van der Waals surface area contributed by atoms with E-state index in [2.05, 4.69) is 61.5 Å². The average molecular weight is 771 g/mol. The number of pyridine rings is 2. The van der Waals surface area contributed by atoms with E-state index in [0.29, 0.717) is 45.8 Å². The molecule has 1 aromatic carbocycles. The van der Waals surface area contributed by atoms with Crippen molar-refractivity contribution < 1.29 is 13.6 Å². The molecule has 0 spiro atoms. The van der Waals surface area contributed by atoms with Crippen molar-refractivity contribution in [1.82, 2.24) is 43.4 Å². The second kappa shape index (κ2) is 13.3. The van der Waals surface area contributed by atoms with Crippen LogP contribution in [-0.2, 0) is 19.5 Å². The lowest BCUT2D eigenvalue weighted by Crippen LogP contribution is -2.41. The molecule has 0 N–H and O–H groups in total. The van der Waals surface area contributed by atoms with Crippen LogP contribution in [0, 0.1) is 17.0 Å². The molecule has 8 rings (SSSR count). The normalized spacial score (nSPS) is 15.8. The number of carbonyl (C=O) groups excluding carboxylic acids is 1. The number of hydrogen-bond donors (Lipinski definition) is 0. The molecule has 0 radical (unpaired) electrons. The highest BCUT2D eigenvalue weighted by atomic mass is 79.9. The van der Waals surface area contributed by atoms with Gasteiger partial charge in [-0.3, -0.25) is 9.36 Å². The van der Waals surface area contributed by atoms with Gasteiger partial charge in [0, 0.05) is 61.1 Å². The zero-order valence-corrected chi connectivity index (χ0v) is 30.8. The molecule has 1 fully saturated rings. The molecular formula is C38H38BrF2N9O2. The van der Waals surface area contributed by atoms with Crippen LogP contribution < -0.4 is 5.69 Å². The molecule has 5 aromatic heterocycles. The van der Waals surface area contributed by atoms with Crippen molar-refractivity contribution in [3.05, 3.63) is 110 Å². The van der Waals surface area contributed by atoms with Crippen LogP contribution in [0.2, 0.25) is 0 Å². The number of nitrogens with zero attached hydrogens (tertiary/aromatic N) is 9. The minimum Gasteiger partial charge on any atom is -0.331 e. The summed E-state index contributed by atoms with van der Waals surface area (Å²) in [5, 5.41) is 0.949. The standard InChI is InChI=1S/C38H38BrF2N9O2/c1-38(2,3)22-46-14-10-25(11-15-46)49-35-34(44-19-32(39)45-35)50(37(49)52)26-8-9-30(43-18-26)36(51)47-16-12-27-28-5-4-13-42-33(28)48(31(27)21-47)20-23-6-7-24(40)17-29(23)41/h4-9,13,17-19,25H,10-12,14-16,20-22H2,1-3H3. The number of piperidine rings is 1. The van der Waals surface area contributed by atoms with Gasteiger partial charge in [0.25, 0.3) is 5.91 Å². The van der Waals surface area contributed by atoms with Gasteiger partial charge in [-0.2, -0.15) is 0 Å². The second-order valence-electron chi connectivity index (χ2n) is 14.9. The molecule has 0 saturated carbocycles. The lowest BCUT2D eigenvalue weighted by Gasteiger charge is -2.36. The Balaban J connectivity index is 1.07. The quantitative estimate of drug-likeness (QED) is 0.196. The van der Waals surface area contributed by atoms with Gasteiger partial charge in [-0.15, -0.1) is 0 Å². The Labute approximate surface area is 307 Å². The second-order valence-corrected chi connectivity index (χ2v) is 15.7. The van der Waals surface area contributed by atoms with Crippen LogP contribution in [0.4, 0.5) is 8.78 Å². The maximum absolute atomic E-state index is 14.8. The highest BCUT2D eigenvalue weighted by Gasteiger charge is 2.31. The number of amides is 1. The van der Waals surface area contributed by atoms with Crippen LogP contribution in [0.3, 0.4) is 0 Å². The minimum atomic E-state index is -0.641. The highest BCUT2D eigenvalue weighted by molar-refractivity contribution is 9.10. The minimum absolute atomic E-state index is 0.0285. The number of imidazole rings is 1. The van der Waals surface area contributed by atoms with Gasteiger partial charge in [0.1, 0.15) is 27.6 Å². The fourth-order valence-electron chi connectivity index (χ4n) is 7.76. The molecule has 7 heterocycles. The van der Waals surface area contributed by atoms with Crippen LogP contribution in [0.15, 0.2) is 70.5 Å². The SMILES string of the molecule is CC(C)(C)CN1CCC(n2c(=O)n(-c3ccc(C(=O)N4CCc5c(n(Cc6ccc(F)cc6F)c6ncccc56)C4)nc3)c3ncc(Br)nc32)CC1. The lowest BCUT2D eigenvalue weighted by molar-refractivity contribution is 0.0724. The first-order chi connectivity index (χ1) is 24.9. The number of hydrogen-bond acceptors (Lipinski definition) is 7. The van der Waals surface area contributed by atoms with E-state index in [9.17, 15) is 18.4 Å². The Kier molecular flexibility index (Phi) is 8.77. The van der Waals surface area contributed by atoms with E-state index in [1.54, 1.807) is 34.0 Å². The van der Waals surface area contributed by atoms with E-state index >= 15 is 0 Å². The number of aromatic nitrogens is 7. The van der Waals surface area contributed by atoms with E-state index < -0.39 is 11.6 Å². The summed E-state index contributed by atoms with van der Waals surface area (Å²) in [6.07, 6.45) is 7.01. The maximum atomic E-state index is 14.8. The van der Waals surface area contributed by atoms with Crippen molar-refractivity contribution >= 4 is 44.2 Å². The lowest BCUT2D eigenvalue weighted by atomic mass is 9.94. The molecule has 52 heavy (non-hydrogen) atoms. The Bertz CT molecular complexity index is 2390. The topological polar surface area (TPSA) is 107 Å². The molecule has 14 heteroatoms. The molecule has 1 amide bonds. The Morgan fingerprint density at radius 1 is 0.962 bits per heavy atom. The van der Waals surface area contributed by atoms with Gasteiger partial charge >= 0.3 is 5.69 Å². The average Bonchev–Trinajstić information content (AvgIpc) is 3.59. The van der Waals surface area contributed by atoms with E-state index in [1.807, 2.05) is 16.7 Å². The molecular weight excluding hydrogens is 732 g/mol. The zero-order chi connectivity index (χ0) is 36.3. The third kappa shape index (κ3) is 6.31. The van der Waals surface area contributed by atoms with E-state index in [0.717, 1.165) is 55.2 Å². The van der Waals surface area contributed by atoms with Crippen LogP contribution >= 0.6 is 15.9 Å². The van der Waals surface area contributed by atoms with Crippen molar-refractivity contribution in [3.63, 3.8) is 0 Å². The van der Waals surface area contributed by atoms with Crippen LogP contribution in [0.1, 0.15) is 67.0 Å². The van der Waals surface area contributed by atoms with Crippen LogP contribution in [-0.4, -0.2) is 75.5 Å². The Hall–Kier alpha value is -4.82. The van der Waals surface area contributed by atoms with Gasteiger partial charge in [-0.1, -0.05) is 26.8 Å². The largest absolute Gasteiger partial charge is 0.336 e. The summed E-state index contributed by atoms with van der Waals surface area (Å²) in [7, 11) is 0. The molecule has 0 unspecified atom stereocenters. The van der Waals surface area contributed by atoms with Gasteiger partial charge in [-0.25, -0.2) is 38.1 Å². The smallest absolute Gasteiger partial charge is 0.331 e. The zero-order valence-electron chi connectivity index (χ0n) is 29.2. The summed E-state index contributed by atoms with van der Waals surface area (Å²) >= 11 is 3.44. The predicted molar refractivity (Wildman–Crippen MR) is 196 cm³/mol. The third-order valence-corrected chi connectivity index (χ3v) is 10.4. The van der Waals surface area contributed by atoms with Gasteiger partial charge in [-0.05, 0) is 76.5 Å². The monoisotopic (exact) mass is 769 g/mol. The predicted octanol–water partition coefficient (Wildman–Crippen LogP) is 6.30. The van der Waals surface area contributed by atoms with Crippen molar-refractivity contribution in [2.24, 2.45) is 5.41 Å². The van der Waals surface area contributed by atoms with Crippen molar-refractivity contribution in [3.8, 4) is 5.69 Å². The third-order valence-electron chi connectivity index (χ3n) is 10.0. The number of halogens is 3. The van der Waals surface area contributed by atoms with Gasteiger partial charge in [0.2, 0.25) is 0 Å². The highest BCUT2D eigenvalue weighted by Crippen LogP contribution is 2.32. The number of carbonyl (C=O) groups is 1. The maximum Gasteiger partial charge on any atom is 0.336 e. The van der Waals surface area contributed by atoms with Crippen molar-refractivity contribution in [2.75, 3.05) is 26.2 Å². The van der Waals surface area contributed by atoms with Crippen molar-refractivity contribution in [2.45, 2.75) is 59.2 Å². The summed E-state index contributed by atoms with van der Waals surface area (Å²) in [5.41, 5.74) is 4.51. The molecule has 6 aromatic rings. The van der Waals surface area contributed by atoms with Gasteiger partial charge < -0.3 is 14.4 Å². The molecule has 268 valence electrons. The summed E-state index contributed by atoms with van der Waals surface area (Å²) in [6, 6.07) is 10.7. The number of benzene rings is 1. The summed E-state index contributed by atoms with van der Waals surface area (Å²) in [6.45, 7) is 10.3. The summed E-state index contributed by atoms with van der Waals surface area (Å²) in [4.78, 5) is 50.6. The fourth-order valence-corrected chi connectivity index (χ4v) is 8.03. The number of likely N-dealkylation sites (tertiary alicyclic amines) is 1. The summed E-state index contributed by atoms with van der Waals surface area (Å²) in [5.74, 6) is -1.55. The molecule has 0 aliphatic carbocycles. The first kappa shape index (κ1) is 34.3. The van der Waals surface area contributed by atoms with Gasteiger partial charge in [0.15, 0.2) is 11.3 Å². The van der Waals surface area contributed by atoms with Gasteiger partial charge in [0.05, 0.1) is 31.2 Å². The molecule has 2 aliphatic heterocycles. The van der Waals surface area contributed by atoms with E-state index in [4.69, 9.17) is 0 Å². The molecule has 0 bridgehead atoms. The van der Waals surface area contributed by atoms with E-state index in [1.165, 1.54) is 22.9 Å². The molecule has 2 aliphatic rings. The van der Waals surface area contributed by atoms with E-state index in [-0.39, 0.29) is 41.8 Å². The fraction of sp³-hybridized carbons (Fsp3) is 0.368. The number of fused-ring (bicyclic) bond motifs is 4. The Morgan fingerprint density at radius 2 is 1.77 bits per heavy atom. The molecule has 1 saturated heterocycles. The van der Waals surface area contributed by atoms with Crippen molar-refractivity contribution in [1.29, 1.82) is 0 Å². The number of rotatable bonds is 6. The Morgan fingerprint density at radius 3 is 2.50 bits per heavy atom. The first-order valence-corrected chi connectivity index (χ1v) is 18.3. The van der Waals surface area contributed by atoms with Crippen LogP contribution in [0.5, 0.6) is 0 Å². The summed E-state index contributed by atoms with van der Waals surface area (Å²) < 4.78 is 34.2. The van der Waals surface area contributed by atoms with Crippen LogP contribution in [0.25, 0.3) is 28.0 Å².